The van der Waals surface area contributed by atoms with E-state index in [1.54, 1.807) is 0 Å². The zero-order valence-electron chi connectivity index (χ0n) is 22.2. The number of hydrogen-bond acceptors (Lipinski definition) is 3. The molecule has 2 N–H and O–H groups in total. The van der Waals surface area contributed by atoms with Crippen molar-refractivity contribution in [1.82, 2.24) is 0 Å². The average molecular weight is 521 g/mol. The van der Waals surface area contributed by atoms with Crippen LogP contribution in [0.25, 0.3) is 0 Å². The van der Waals surface area contributed by atoms with Gasteiger partial charge in [-0.3, -0.25) is 0 Å². The van der Waals surface area contributed by atoms with E-state index in [-0.39, 0.29) is 16.7 Å². The van der Waals surface area contributed by atoms with E-state index in [0.717, 1.165) is 23.7 Å². The van der Waals surface area contributed by atoms with Crippen LogP contribution in [0.4, 0.5) is 0 Å². The molecule has 4 fully saturated rings. The summed E-state index contributed by atoms with van der Waals surface area (Å²) in [6.07, 6.45) is 6.90. The number of hydrogen-bond donors (Lipinski definition) is 2. The molecule has 0 aliphatic heterocycles. The molecule has 4 bridgehead atoms. The number of aromatic carboxylic acids is 2. The maximum absolute atomic E-state index is 11.6. The van der Waals surface area contributed by atoms with Crippen LogP contribution in [0.5, 0.6) is 11.5 Å². The highest BCUT2D eigenvalue weighted by Gasteiger charge is 2.60. The van der Waals surface area contributed by atoms with Gasteiger partial charge in [0.2, 0.25) is 0 Å². The molecule has 4 aliphatic carbocycles. The fourth-order valence-electron chi connectivity index (χ4n) is 8.44. The molecule has 5 nitrogen and oxygen atoms in total. The molecule has 0 unspecified atom stereocenters. The summed E-state index contributed by atoms with van der Waals surface area (Å²) in [5.74, 6) is 7.32. The molecule has 39 heavy (non-hydrogen) atoms. The van der Waals surface area contributed by atoms with E-state index in [1.807, 2.05) is 24.3 Å². The van der Waals surface area contributed by atoms with Gasteiger partial charge in [-0.15, -0.1) is 0 Å². The summed E-state index contributed by atoms with van der Waals surface area (Å²) >= 11 is 0. The fourth-order valence-corrected chi connectivity index (χ4v) is 8.44. The van der Waals surface area contributed by atoms with Gasteiger partial charge in [-0.05, 0) is 121 Å². The van der Waals surface area contributed by atoms with Crippen molar-refractivity contribution >= 4 is 11.9 Å². The number of benzene rings is 3. The number of carbonyl (C=O) groups is 2. The van der Waals surface area contributed by atoms with Crippen molar-refractivity contribution in [3.8, 4) is 23.3 Å². The van der Waals surface area contributed by atoms with Crippen LogP contribution in [0.2, 0.25) is 0 Å². The zero-order valence-corrected chi connectivity index (χ0v) is 22.2. The summed E-state index contributed by atoms with van der Waals surface area (Å²) < 4.78 is 6.11. The molecule has 0 aromatic heterocycles. The zero-order chi connectivity index (χ0) is 27.4. The van der Waals surface area contributed by atoms with Gasteiger partial charge >= 0.3 is 11.9 Å². The first-order chi connectivity index (χ1) is 18.6. The molecule has 0 radical (unpaired) electrons. The van der Waals surface area contributed by atoms with E-state index in [2.05, 4.69) is 50.0 Å². The van der Waals surface area contributed by atoms with Crippen molar-refractivity contribution in [2.75, 3.05) is 0 Å². The second-order valence-corrected chi connectivity index (χ2v) is 12.3. The molecule has 0 atom stereocenters. The lowest BCUT2D eigenvalue weighted by atomic mass is 9.39. The summed E-state index contributed by atoms with van der Waals surface area (Å²) in [6, 6.07) is 19.9. The van der Waals surface area contributed by atoms with Crippen LogP contribution in [0.15, 0.2) is 66.7 Å². The lowest BCUT2D eigenvalue weighted by Gasteiger charge is -2.65. The first kappa shape index (κ1) is 25.2. The number of ether oxygens (including phenoxy) is 1. The molecule has 5 heteroatoms. The van der Waals surface area contributed by atoms with Crippen molar-refractivity contribution in [2.45, 2.75) is 51.9 Å². The molecular weight excluding hydrogens is 488 g/mol. The topological polar surface area (TPSA) is 83.8 Å². The molecule has 4 saturated carbocycles. The number of rotatable bonds is 5. The largest absolute Gasteiger partial charge is 0.478 e. The number of carboxylic acids is 2. The number of carboxylic acid groups (broad SMARTS) is 2. The van der Waals surface area contributed by atoms with Gasteiger partial charge in [-0.2, -0.15) is 0 Å². The lowest BCUT2D eigenvalue weighted by molar-refractivity contribution is -0.116. The molecular formula is C34H32O5. The van der Waals surface area contributed by atoms with Crippen LogP contribution in [0.1, 0.15) is 89.3 Å². The van der Waals surface area contributed by atoms with Crippen molar-refractivity contribution in [3.63, 3.8) is 0 Å². The van der Waals surface area contributed by atoms with Crippen LogP contribution in [0, 0.1) is 34.5 Å². The monoisotopic (exact) mass is 520 g/mol. The Hall–Kier alpha value is -4.04. The third-order valence-electron chi connectivity index (χ3n) is 9.22. The standard InChI is InChI=1S/C34H32O5/c1-33-17-22-15-23(18-33)20-34(2,19-22)30(33)25-9-13-28(14-10-25)39-27-11-4-21(5-12-27)3-6-24-7-8-26(31(35)36)16-29(24)32(37)38/h4-5,7-14,16,22-23,30H,15,17-20H2,1-2H3,(H,35,36)(H,37,38). The van der Waals surface area contributed by atoms with Crippen molar-refractivity contribution < 1.29 is 24.5 Å². The SMILES string of the molecule is CC12CC3CC(C1)CC(C)(C3)C2c1ccc(Oc2ccc(C#Cc3ccc(C(=O)O)cc3C(=O)O)cc2)cc1. The van der Waals surface area contributed by atoms with Crippen LogP contribution >= 0.6 is 0 Å². The van der Waals surface area contributed by atoms with Crippen LogP contribution in [0.3, 0.4) is 0 Å². The second kappa shape index (κ2) is 9.31. The fraction of sp³-hybridized carbons (Fsp3) is 0.353. The van der Waals surface area contributed by atoms with E-state index in [0.29, 0.717) is 28.1 Å². The van der Waals surface area contributed by atoms with Gasteiger partial charge in [0.25, 0.3) is 0 Å². The maximum Gasteiger partial charge on any atom is 0.336 e. The van der Waals surface area contributed by atoms with Gasteiger partial charge in [-0.1, -0.05) is 37.8 Å². The highest BCUT2D eigenvalue weighted by atomic mass is 16.5. The van der Waals surface area contributed by atoms with Gasteiger partial charge in [0.15, 0.2) is 0 Å². The predicted molar refractivity (Wildman–Crippen MR) is 148 cm³/mol. The van der Waals surface area contributed by atoms with Crippen LogP contribution in [-0.4, -0.2) is 22.2 Å². The van der Waals surface area contributed by atoms with E-state index in [4.69, 9.17) is 9.84 Å². The molecule has 4 aliphatic rings. The third kappa shape index (κ3) is 4.69. The second-order valence-electron chi connectivity index (χ2n) is 12.3. The minimum absolute atomic E-state index is 0.0890. The molecule has 0 amide bonds. The van der Waals surface area contributed by atoms with Gasteiger partial charge in [0, 0.05) is 11.1 Å². The minimum Gasteiger partial charge on any atom is -0.478 e. The Balaban J connectivity index is 1.15. The van der Waals surface area contributed by atoms with E-state index in [9.17, 15) is 14.7 Å². The van der Waals surface area contributed by atoms with Crippen molar-refractivity contribution in [1.29, 1.82) is 0 Å². The summed E-state index contributed by atoms with van der Waals surface area (Å²) in [6.45, 7) is 5.05. The average Bonchev–Trinajstić information content (AvgIpc) is 2.87. The van der Waals surface area contributed by atoms with E-state index >= 15 is 0 Å². The summed E-state index contributed by atoms with van der Waals surface area (Å²) in [4.78, 5) is 22.7. The highest BCUT2D eigenvalue weighted by molar-refractivity contribution is 5.95. The smallest absolute Gasteiger partial charge is 0.336 e. The molecule has 7 rings (SSSR count). The van der Waals surface area contributed by atoms with Gasteiger partial charge < -0.3 is 14.9 Å². The van der Waals surface area contributed by atoms with Gasteiger partial charge in [-0.25, -0.2) is 9.59 Å². The Bertz CT molecular complexity index is 1470. The van der Waals surface area contributed by atoms with Gasteiger partial charge in [0.05, 0.1) is 11.1 Å². The Kier molecular flexibility index (Phi) is 6.03. The normalized spacial score (nSPS) is 28.4. The quantitative estimate of drug-likeness (QED) is 0.339. The Morgan fingerprint density at radius 2 is 1.33 bits per heavy atom. The summed E-state index contributed by atoms with van der Waals surface area (Å²) in [5, 5.41) is 18.6. The lowest BCUT2D eigenvalue weighted by Crippen LogP contribution is -2.54. The van der Waals surface area contributed by atoms with Crippen LogP contribution < -0.4 is 4.74 Å². The predicted octanol–water partition coefficient (Wildman–Crippen LogP) is 7.60. The molecule has 0 spiro atoms. The molecule has 198 valence electrons. The Morgan fingerprint density at radius 3 is 1.87 bits per heavy atom. The first-order valence-electron chi connectivity index (χ1n) is 13.6. The van der Waals surface area contributed by atoms with E-state index in [1.165, 1.54) is 49.8 Å². The molecule has 3 aromatic carbocycles. The summed E-state index contributed by atoms with van der Waals surface area (Å²) in [5.41, 5.74) is 2.98. The Labute approximate surface area is 228 Å². The minimum atomic E-state index is -1.22. The van der Waals surface area contributed by atoms with Crippen LogP contribution in [-0.2, 0) is 0 Å². The molecule has 0 saturated heterocycles. The highest BCUT2D eigenvalue weighted by Crippen LogP contribution is 2.70. The van der Waals surface area contributed by atoms with E-state index < -0.39 is 11.9 Å². The van der Waals surface area contributed by atoms with Crippen molar-refractivity contribution in [2.24, 2.45) is 22.7 Å². The maximum atomic E-state index is 11.6. The van der Waals surface area contributed by atoms with Crippen molar-refractivity contribution in [3.05, 3.63) is 94.5 Å². The first-order valence-corrected chi connectivity index (χ1v) is 13.6. The Morgan fingerprint density at radius 1 is 0.769 bits per heavy atom. The molecule has 0 heterocycles. The summed E-state index contributed by atoms with van der Waals surface area (Å²) in [7, 11) is 0. The third-order valence-corrected chi connectivity index (χ3v) is 9.22. The van der Waals surface area contributed by atoms with Gasteiger partial charge in [0.1, 0.15) is 11.5 Å². The molecule has 3 aromatic rings.